The van der Waals surface area contributed by atoms with Crippen LogP contribution in [-0.4, -0.2) is 10.7 Å². The van der Waals surface area contributed by atoms with Crippen LogP contribution in [0.3, 0.4) is 0 Å². The Bertz CT molecular complexity index is 771. The van der Waals surface area contributed by atoms with E-state index in [9.17, 15) is 0 Å². The van der Waals surface area contributed by atoms with Crippen molar-refractivity contribution in [3.05, 3.63) is 84.5 Å². The molecule has 0 aromatic heterocycles. The average Bonchev–Trinajstić information content (AvgIpc) is 2.60. The molecule has 0 heterocycles. The van der Waals surface area contributed by atoms with Crippen molar-refractivity contribution in [3.63, 3.8) is 0 Å². The minimum atomic E-state index is -0.129. The highest BCUT2D eigenvalue weighted by Crippen LogP contribution is 2.18. The summed E-state index contributed by atoms with van der Waals surface area (Å²) in [5, 5.41) is 17.2. The largest absolute Gasteiger partial charge is 0.508 e. The first-order valence-corrected chi connectivity index (χ1v) is 8.27. The first-order chi connectivity index (χ1) is 12.3. The zero-order chi connectivity index (χ0) is 19.4. The fourth-order valence-corrected chi connectivity index (χ4v) is 1.88. The summed E-state index contributed by atoms with van der Waals surface area (Å²) in [6, 6.07) is 16.6. The molecular weight excluding hydrogens is 322 g/mol. The molecule has 0 aliphatic carbocycles. The summed E-state index contributed by atoms with van der Waals surface area (Å²) in [5.41, 5.74) is 1.97. The van der Waals surface area contributed by atoms with Gasteiger partial charge in [-0.1, -0.05) is 55.1 Å². The predicted octanol–water partition coefficient (Wildman–Crippen LogP) is 5.99. The summed E-state index contributed by atoms with van der Waals surface area (Å²) >= 11 is 0. The van der Waals surface area contributed by atoms with E-state index in [1.807, 2.05) is 63.3 Å². The van der Waals surface area contributed by atoms with E-state index in [2.05, 4.69) is 6.58 Å². The highest BCUT2D eigenvalue weighted by Gasteiger charge is 2.10. The van der Waals surface area contributed by atoms with Gasteiger partial charge in [-0.3, -0.25) is 0 Å². The first-order valence-electron chi connectivity index (χ1n) is 8.27. The molecule has 0 radical (unpaired) electrons. The molecule has 0 spiro atoms. The highest BCUT2D eigenvalue weighted by molar-refractivity contribution is 5.52. The van der Waals surface area contributed by atoms with Gasteiger partial charge in [-0.25, -0.2) is 0 Å². The topological polar surface area (TPSA) is 53.2 Å². The zero-order valence-corrected chi connectivity index (χ0v) is 15.5. The van der Waals surface area contributed by atoms with Crippen molar-refractivity contribution in [3.8, 4) is 17.6 Å². The molecule has 0 aliphatic heterocycles. The summed E-state index contributed by atoms with van der Waals surface area (Å²) in [6.45, 7) is 9.80. The molecule has 3 heteroatoms. The fraction of sp³-hybridized carbons (Fsp3) is 0.174. The number of ether oxygens (including phenoxy) is 1. The van der Waals surface area contributed by atoms with Gasteiger partial charge in [0, 0.05) is 6.08 Å². The third-order valence-electron chi connectivity index (χ3n) is 3.00. The van der Waals surface area contributed by atoms with Gasteiger partial charge in [0.15, 0.2) is 0 Å². The summed E-state index contributed by atoms with van der Waals surface area (Å²) in [4.78, 5) is 0. The van der Waals surface area contributed by atoms with Crippen LogP contribution in [0.5, 0.6) is 11.5 Å². The van der Waals surface area contributed by atoms with E-state index in [4.69, 9.17) is 15.1 Å². The lowest BCUT2D eigenvalue weighted by Gasteiger charge is -2.21. The number of phenols is 1. The number of hydrogen-bond acceptors (Lipinski definition) is 3. The van der Waals surface area contributed by atoms with E-state index in [-0.39, 0.29) is 11.4 Å². The second kappa shape index (κ2) is 10.6. The minimum Gasteiger partial charge on any atom is -0.508 e. The van der Waals surface area contributed by atoms with E-state index < -0.39 is 0 Å². The third-order valence-corrected chi connectivity index (χ3v) is 3.00. The number of hydrogen-bond donors (Lipinski definition) is 1. The molecule has 134 valence electrons. The summed E-state index contributed by atoms with van der Waals surface area (Å²) in [6.07, 6.45) is 8.51. The SMILES string of the molecule is C=Cc1ccc(OC(C)(C)C)cc1.N#CC=CC=Cc1ccc(O)cc1. The van der Waals surface area contributed by atoms with Crippen molar-refractivity contribution in [2.24, 2.45) is 0 Å². The van der Waals surface area contributed by atoms with Gasteiger partial charge in [0.25, 0.3) is 0 Å². The molecule has 0 bridgehead atoms. The van der Waals surface area contributed by atoms with Crippen LogP contribution in [-0.2, 0) is 0 Å². The Morgan fingerprint density at radius 2 is 1.54 bits per heavy atom. The maximum absolute atomic E-state index is 8.99. The van der Waals surface area contributed by atoms with Crippen LogP contribution >= 0.6 is 0 Å². The molecule has 0 atom stereocenters. The molecule has 0 fully saturated rings. The number of benzene rings is 2. The first kappa shape index (κ1) is 20.8. The van der Waals surface area contributed by atoms with Crippen LogP contribution in [0.25, 0.3) is 12.2 Å². The molecule has 0 unspecified atom stereocenters. The Morgan fingerprint density at radius 3 is 2.04 bits per heavy atom. The standard InChI is InChI=1S/C12H16O.C11H9NO/c1-5-10-6-8-11(9-7-10)13-12(2,3)4;12-9-3-1-2-4-10-5-7-11(13)8-6-10/h5-9H,1H2,2-4H3;1-8,13H. The number of rotatable bonds is 4. The monoisotopic (exact) mass is 347 g/mol. The average molecular weight is 347 g/mol. The van der Waals surface area contributed by atoms with Gasteiger partial charge in [-0.15, -0.1) is 0 Å². The lowest BCUT2D eigenvalue weighted by Crippen LogP contribution is -2.22. The van der Waals surface area contributed by atoms with Gasteiger partial charge in [-0.05, 0) is 56.2 Å². The number of aromatic hydroxyl groups is 1. The Kier molecular flexibility index (Phi) is 8.46. The number of phenolic OH excluding ortho intramolecular Hbond substituents is 1. The third kappa shape index (κ3) is 9.14. The molecule has 0 aliphatic rings. The normalized spacial score (nSPS) is 10.8. The smallest absolute Gasteiger partial charge is 0.120 e. The Balaban J connectivity index is 0.000000260. The van der Waals surface area contributed by atoms with Crippen molar-refractivity contribution >= 4 is 12.2 Å². The van der Waals surface area contributed by atoms with Crippen molar-refractivity contribution in [2.45, 2.75) is 26.4 Å². The highest BCUT2D eigenvalue weighted by atomic mass is 16.5. The second-order valence-electron chi connectivity index (χ2n) is 6.43. The lowest BCUT2D eigenvalue weighted by molar-refractivity contribution is 0.131. The maximum atomic E-state index is 8.99. The van der Waals surface area contributed by atoms with Gasteiger partial charge < -0.3 is 9.84 Å². The van der Waals surface area contributed by atoms with Gasteiger partial charge in [0.2, 0.25) is 0 Å². The van der Waals surface area contributed by atoms with Gasteiger partial charge in [0.05, 0.1) is 6.07 Å². The summed E-state index contributed by atoms with van der Waals surface area (Å²) in [5.74, 6) is 1.16. The Morgan fingerprint density at radius 1 is 0.962 bits per heavy atom. The predicted molar refractivity (Wildman–Crippen MR) is 109 cm³/mol. The zero-order valence-electron chi connectivity index (χ0n) is 15.5. The van der Waals surface area contributed by atoms with Crippen molar-refractivity contribution in [1.29, 1.82) is 5.26 Å². The maximum Gasteiger partial charge on any atom is 0.120 e. The van der Waals surface area contributed by atoms with Crippen LogP contribution in [0.4, 0.5) is 0 Å². The van der Waals surface area contributed by atoms with Crippen LogP contribution in [0, 0.1) is 11.3 Å². The number of nitriles is 1. The second-order valence-corrected chi connectivity index (χ2v) is 6.43. The van der Waals surface area contributed by atoms with Crippen molar-refractivity contribution in [2.75, 3.05) is 0 Å². The van der Waals surface area contributed by atoms with E-state index in [1.165, 1.54) is 6.08 Å². The van der Waals surface area contributed by atoms with Crippen LogP contribution < -0.4 is 4.74 Å². The summed E-state index contributed by atoms with van der Waals surface area (Å²) in [7, 11) is 0. The molecule has 2 rings (SSSR count). The molecule has 1 N–H and O–H groups in total. The minimum absolute atomic E-state index is 0.129. The van der Waals surface area contributed by atoms with E-state index in [0.717, 1.165) is 16.9 Å². The quantitative estimate of drug-likeness (QED) is 0.546. The van der Waals surface area contributed by atoms with E-state index >= 15 is 0 Å². The van der Waals surface area contributed by atoms with Crippen LogP contribution in [0.15, 0.2) is 73.3 Å². The van der Waals surface area contributed by atoms with Gasteiger partial charge >= 0.3 is 0 Å². The number of nitrogens with zero attached hydrogens (tertiary/aromatic N) is 1. The Hall–Kier alpha value is -3.25. The number of allylic oxidation sites excluding steroid dienone is 3. The molecule has 0 amide bonds. The van der Waals surface area contributed by atoms with Gasteiger partial charge in [-0.2, -0.15) is 5.26 Å². The lowest BCUT2D eigenvalue weighted by atomic mass is 10.2. The Labute approximate surface area is 156 Å². The molecule has 0 saturated carbocycles. The molecule has 0 saturated heterocycles. The molecule has 2 aromatic carbocycles. The van der Waals surface area contributed by atoms with E-state index in [0.29, 0.717) is 0 Å². The summed E-state index contributed by atoms with van der Waals surface area (Å²) < 4.78 is 5.67. The van der Waals surface area contributed by atoms with Gasteiger partial charge in [0.1, 0.15) is 17.1 Å². The van der Waals surface area contributed by atoms with Crippen molar-refractivity contribution in [1.82, 2.24) is 0 Å². The molecule has 26 heavy (non-hydrogen) atoms. The molecule has 2 aromatic rings. The van der Waals surface area contributed by atoms with Crippen molar-refractivity contribution < 1.29 is 9.84 Å². The molecular formula is C23H25NO2. The molecule has 3 nitrogen and oxygen atoms in total. The van der Waals surface area contributed by atoms with Crippen LogP contribution in [0.2, 0.25) is 0 Å². The van der Waals surface area contributed by atoms with E-state index in [1.54, 1.807) is 36.4 Å². The van der Waals surface area contributed by atoms with Crippen LogP contribution in [0.1, 0.15) is 31.9 Å². The fourth-order valence-electron chi connectivity index (χ4n) is 1.88.